The van der Waals surface area contributed by atoms with Gasteiger partial charge in [-0.25, -0.2) is 14.2 Å². The lowest BCUT2D eigenvalue weighted by atomic mass is 9.86. The van der Waals surface area contributed by atoms with E-state index in [9.17, 15) is 14.3 Å². The summed E-state index contributed by atoms with van der Waals surface area (Å²) in [6.07, 6.45) is 0. The first-order valence-electron chi connectivity index (χ1n) is 10.4. The summed E-state index contributed by atoms with van der Waals surface area (Å²) in [7, 11) is 3.92. The maximum absolute atomic E-state index is 14.0. The summed E-state index contributed by atoms with van der Waals surface area (Å²) < 4.78 is 19.9. The quantitative estimate of drug-likeness (QED) is 0.797. The van der Waals surface area contributed by atoms with Crippen LogP contribution in [0.15, 0.2) is 47.6 Å². The molecular formula is C23H27FN4O3. The highest BCUT2D eigenvalue weighted by Gasteiger charge is 2.46. The molecule has 164 valence electrons. The SMILES string of the molecule is CCN(CCN(C)C)C(=O)N1N=C2c3cc(F)ccc3OC[C@@H]2[C@H]1c1cccc(O)c1. The minimum absolute atomic E-state index is 0.112. The Morgan fingerprint density at radius 3 is 2.77 bits per heavy atom. The van der Waals surface area contributed by atoms with Crippen LogP contribution in [0.3, 0.4) is 0 Å². The molecule has 2 aromatic rings. The van der Waals surface area contributed by atoms with Crippen LogP contribution in [-0.2, 0) is 0 Å². The number of carbonyl (C=O) groups excluding carboxylic acids is 1. The number of rotatable bonds is 5. The van der Waals surface area contributed by atoms with Crippen LogP contribution < -0.4 is 4.74 Å². The number of urea groups is 1. The molecule has 8 heteroatoms. The Balaban J connectivity index is 1.75. The molecule has 2 aliphatic heterocycles. The largest absolute Gasteiger partial charge is 0.508 e. The Morgan fingerprint density at radius 2 is 2.06 bits per heavy atom. The van der Waals surface area contributed by atoms with Crippen molar-refractivity contribution < 1.29 is 19.0 Å². The fourth-order valence-electron chi connectivity index (χ4n) is 4.10. The monoisotopic (exact) mass is 426 g/mol. The molecule has 0 fully saturated rings. The van der Waals surface area contributed by atoms with E-state index in [4.69, 9.17) is 9.84 Å². The number of phenols is 1. The van der Waals surface area contributed by atoms with E-state index in [2.05, 4.69) is 0 Å². The second kappa shape index (κ2) is 8.55. The van der Waals surface area contributed by atoms with Crippen molar-refractivity contribution in [2.75, 3.05) is 40.3 Å². The highest BCUT2D eigenvalue weighted by molar-refractivity contribution is 6.07. The van der Waals surface area contributed by atoms with Gasteiger partial charge in [-0.3, -0.25) is 0 Å². The lowest BCUT2D eigenvalue weighted by molar-refractivity contribution is 0.125. The average molecular weight is 426 g/mol. The number of benzene rings is 2. The zero-order valence-corrected chi connectivity index (χ0v) is 18.0. The number of phenolic OH excluding ortho intramolecular Hbond substituents is 1. The number of nitrogens with zero attached hydrogens (tertiary/aromatic N) is 4. The van der Waals surface area contributed by atoms with E-state index in [1.165, 1.54) is 17.1 Å². The van der Waals surface area contributed by atoms with E-state index >= 15 is 0 Å². The average Bonchev–Trinajstić information content (AvgIpc) is 3.14. The van der Waals surface area contributed by atoms with E-state index in [0.717, 1.165) is 12.1 Å². The van der Waals surface area contributed by atoms with Crippen LogP contribution in [0.5, 0.6) is 11.5 Å². The lowest BCUT2D eigenvalue weighted by Crippen LogP contribution is -2.44. The molecule has 0 unspecified atom stereocenters. The zero-order valence-electron chi connectivity index (χ0n) is 18.0. The summed E-state index contributed by atoms with van der Waals surface area (Å²) in [5, 5.41) is 16.2. The van der Waals surface area contributed by atoms with Gasteiger partial charge in [0, 0.05) is 25.2 Å². The van der Waals surface area contributed by atoms with Crippen LogP contribution in [0.2, 0.25) is 0 Å². The number of halogens is 1. The number of ether oxygens (including phenoxy) is 1. The second-order valence-corrected chi connectivity index (χ2v) is 8.09. The fraction of sp³-hybridized carbons (Fsp3) is 0.391. The smallest absolute Gasteiger partial charge is 0.341 e. The van der Waals surface area contributed by atoms with E-state index in [-0.39, 0.29) is 23.5 Å². The highest BCUT2D eigenvalue weighted by atomic mass is 19.1. The van der Waals surface area contributed by atoms with Gasteiger partial charge in [0.2, 0.25) is 0 Å². The van der Waals surface area contributed by atoms with Gasteiger partial charge < -0.3 is 19.6 Å². The molecule has 0 spiro atoms. The molecule has 0 saturated carbocycles. The summed E-state index contributed by atoms with van der Waals surface area (Å²) >= 11 is 0. The maximum Gasteiger partial charge on any atom is 0.341 e. The molecule has 4 rings (SSSR count). The Kier molecular flexibility index (Phi) is 5.82. The number of aromatic hydroxyl groups is 1. The van der Waals surface area contributed by atoms with Crippen LogP contribution in [0.1, 0.15) is 24.1 Å². The molecule has 2 atom stereocenters. The Morgan fingerprint density at radius 1 is 1.26 bits per heavy atom. The predicted octanol–water partition coefficient (Wildman–Crippen LogP) is 3.30. The van der Waals surface area contributed by atoms with Crippen molar-refractivity contribution in [3.63, 3.8) is 0 Å². The number of hydrogen-bond donors (Lipinski definition) is 1. The topological polar surface area (TPSA) is 68.6 Å². The molecule has 0 radical (unpaired) electrons. The molecule has 2 amide bonds. The van der Waals surface area contributed by atoms with Crippen LogP contribution in [0.25, 0.3) is 0 Å². The molecular weight excluding hydrogens is 399 g/mol. The first-order chi connectivity index (χ1) is 14.9. The van der Waals surface area contributed by atoms with Crippen molar-refractivity contribution in [1.82, 2.24) is 14.8 Å². The normalized spacial score (nSPS) is 19.5. The molecule has 2 aromatic carbocycles. The van der Waals surface area contributed by atoms with E-state index in [1.807, 2.05) is 32.0 Å². The van der Waals surface area contributed by atoms with Gasteiger partial charge in [-0.05, 0) is 56.9 Å². The minimum Gasteiger partial charge on any atom is -0.508 e. The van der Waals surface area contributed by atoms with Crippen LogP contribution in [0.4, 0.5) is 9.18 Å². The lowest BCUT2D eigenvalue weighted by Gasteiger charge is -2.32. The summed E-state index contributed by atoms with van der Waals surface area (Å²) in [6, 6.07) is 10.5. The van der Waals surface area contributed by atoms with Gasteiger partial charge in [0.05, 0.1) is 24.3 Å². The Hall–Kier alpha value is -3.13. The molecule has 0 aromatic heterocycles. The summed E-state index contributed by atoms with van der Waals surface area (Å²) in [4.78, 5) is 17.3. The first-order valence-corrected chi connectivity index (χ1v) is 10.4. The van der Waals surface area contributed by atoms with E-state index < -0.39 is 6.04 Å². The zero-order chi connectivity index (χ0) is 22.1. The number of likely N-dealkylation sites (N-methyl/N-ethyl adjacent to an activating group) is 2. The van der Waals surface area contributed by atoms with Gasteiger partial charge in [0.25, 0.3) is 0 Å². The van der Waals surface area contributed by atoms with Gasteiger partial charge in [-0.15, -0.1) is 0 Å². The molecule has 31 heavy (non-hydrogen) atoms. The van der Waals surface area contributed by atoms with Crippen molar-refractivity contribution in [1.29, 1.82) is 0 Å². The number of carbonyl (C=O) groups is 1. The van der Waals surface area contributed by atoms with Crippen molar-refractivity contribution in [2.24, 2.45) is 11.0 Å². The minimum atomic E-state index is -0.459. The third-order valence-electron chi connectivity index (χ3n) is 5.72. The van der Waals surface area contributed by atoms with Crippen molar-refractivity contribution in [2.45, 2.75) is 13.0 Å². The molecule has 0 aliphatic carbocycles. The van der Waals surface area contributed by atoms with Gasteiger partial charge >= 0.3 is 6.03 Å². The van der Waals surface area contributed by atoms with Crippen LogP contribution in [-0.4, -0.2) is 72.0 Å². The van der Waals surface area contributed by atoms with Crippen molar-refractivity contribution >= 4 is 11.7 Å². The molecule has 7 nitrogen and oxygen atoms in total. The summed E-state index contributed by atoms with van der Waals surface area (Å²) in [6.45, 7) is 4.06. The maximum atomic E-state index is 14.0. The standard InChI is InChI=1S/C23H27FN4O3/c1-4-27(11-10-26(2)3)23(30)28-22(15-6-5-7-17(29)12-15)19-14-31-20-9-8-16(24)13-18(20)21(19)25-28/h5-9,12-13,19,22,29H,4,10-11,14H2,1-3H3/t19-,22+/m0/s1. The van der Waals surface area contributed by atoms with E-state index in [1.54, 1.807) is 29.2 Å². The second-order valence-electron chi connectivity index (χ2n) is 8.09. The molecule has 0 bridgehead atoms. The number of hydrogen-bond acceptors (Lipinski definition) is 5. The number of fused-ring (bicyclic) bond motifs is 3. The number of amides is 2. The van der Waals surface area contributed by atoms with Crippen molar-refractivity contribution in [3.8, 4) is 11.5 Å². The van der Waals surface area contributed by atoms with Gasteiger partial charge in [-0.1, -0.05) is 12.1 Å². The Bertz CT molecular complexity index is 1010. The van der Waals surface area contributed by atoms with E-state index in [0.29, 0.717) is 36.7 Å². The molecule has 1 N–H and O–H groups in total. The Labute approximate surface area is 181 Å². The third-order valence-corrected chi connectivity index (χ3v) is 5.72. The fourth-order valence-corrected chi connectivity index (χ4v) is 4.10. The van der Waals surface area contributed by atoms with Gasteiger partial charge in [-0.2, -0.15) is 5.10 Å². The highest BCUT2D eigenvalue weighted by Crippen LogP contribution is 2.43. The molecule has 2 heterocycles. The molecule has 0 saturated heterocycles. The van der Waals surface area contributed by atoms with Crippen molar-refractivity contribution in [3.05, 3.63) is 59.4 Å². The predicted molar refractivity (Wildman–Crippen MR) is 116 cm³/mol. The van der Waals surface area contributed by atoms with Crippen LogP contribution in [0, 0.1) is 11.7 Å². The first kappa shape index (κ1) is 21.1. The number of hydrazone groups is 1. The van der Waals surface area contributed by atoms with Gasteiger partial charge in [0.15, 0.2) is 0 Å². The van der Waals surface area contributed by atoms with Crippen LogP contribution >= 0.6 is 0 Å². The third kappa shape index (κ3) is 4.07. The van der Waals surface area contributed by atoms with Gasteiger partial charge in [0.1, 0.15) is 17.3 Å². The summed E-state index contributed by atoms with van der Waals surface area (Å²) in [5.41, 5.74) is 1.95. The summed E-state index contributed by atoms with van der Waals surface area (Å²) in [5.74, 6) is 0.0138. The molecule has 2 aliphatic rings.